The zero-order valence-corrected chi connectivity index (χ0v) is 8.99. The van der Waals surface area contributed by atoms with Crippen LogP contribution in [-0.2, 0) is 6.42 Å². The fourth-order valence-corrected chi connectivity index (χ4v) is 1.41. The van der Waals surface area contributed by atoms with Gasteiger partial charge in [0.15, 0.2) is 0 Å². The van der Waals surface area contributed by atoms with Gasteiger partial charge in [-0.3, -0.25) is 0 Å². The zero-order valence-electron chi connectivity index (χ0n) is 8.99. The minimum Gasteiger partial charge on any atom is -0.420 e. The molecule has 0 saturated heterocycles. The molecule has 17 heavy (non-hydrogen) atoms. The molecule has 4 nitrogen and oxygen atoms in total. The van der Waals surface area contributed by atoms with Crippen molar-refractivity contribution in [2.24, 2.45) is 5.73 Å². The van der Waals surface area contributed by atoms with Crippen LogP contribution in [0, 0.1) is 11.6 Å². The van der Waals surface area contributed by atoms with E-state index in [0.29, 0.717) is 25.3 Å². The molecule has 0 bridgehead atoms. The van der Waals surface area contributed by atoms with Crippen LogP contribution in [0.3, 0.4) is 0 Å². The molecule has 0 amide bonds. The third-order valence-corrected chi connectivity index (χ3v) is 2.24. The average Bonchev–Trinajstić information content (AvgIpc) is 2.75. The van der Waals surface area contributed by atoms with Crippen molar-refractivity contribution in [1.29, 1.82) is 0 Å². The first-order chi connectivity index (χ1) is 8.22. The molecular weight excluding hydrogens is 228 g/mol. The van der Waals surface area contributed by atoms with Crippen molar-refractivity contribution in [3.05, 3.63) is 35.7 Å². The lowest BCUT2D eigenvalue weighted by Crippen LogP contribution is -2.00. The highest BCUT2D eigenvalue weighted by Gasteiger charge is 2.17. The van der Waals surface area contributed by atoms with E-state index in [4.69, 9.17) is 10.2 Å². The molecule has 0 aliphatic heterocycles. The largest absolute Gasteiger partial charge is 0.420 e. The summed E-state index contributed by atoms with van der Waals surface area (Å²) in [5, 5.41) is 7.33. The van der Waals surface area contributed by atoms with Gasteiger partial charge in [-0.2, -0.15) is 0 Å². The Kier molecular flexibility index (Phi) is 3.43. The molecule has 1 heterocycles. The monoisotopic (exact) mass is 239 g/mol. The lowest BCUT2D eigenvalue weighted by Gasteiger charge is -1.98. The topological polar surface area (TPSA) is 64.9 Å². The molecule has 90 valence electrons. The first kappa shape index (κ1) is 11.7. The minimum absolute atomic E-state index is 0.146. The number of hydrogen-bond donors (Lipinski definition) is 1. The summed E-state index contributed by atoms with van der Waals surface area (Å²) in [6.07, 6.45) is 1.18. The molecule has 0 fully saturated rings. The Labute approximate surface area is 96.5 Å². The number of aryl methyl sites for hydroxylation is 1. The maximum absolute atomic E-state index is 13.4. The van der Waals surface area contributed by atoms with Gasteiger partial charge in [0, 0.05) is 6.42 Å². The van der Waals surface area contributed by atoms with Gasteiger partial charge in [0.1, 0.15) is 17.2 Å². The number of nitrogens with zero attached hydrogens (tertiary/aromatic N) is 2. The van der Waals surface area contributed by atoms with Crippen molar-refractivity contribution in [1.82, 2.24) is 10.2 Å². The highest BCUT2D eigenvalue weighted by atomic mass is 19.1. The molecule has 1 aromatic carbocycles. The summed E-state index contributed by atoms with van der Waals surface area (Å²) in [4.78, 5) is 0. The van der Waals surface area contributed by atoms with Gasteiger partial charge in [-0.05, 0) is 25.1 Å². The zero-order chi connectivity index (χ0) is 12.3. The van der Waals surface area contributed by atoms with Crippen LogP contribution >= 0.6 is 0 Å². The summed E-state index contributed by atoms with van der Waals surface area (Å²) in [6.45, 7) is 0.492. The number of rotatable bonds is 4. The summed E-state index contributed by atoms with van der Waals surface area (Å²) in [6, 6.07) is 3.56. The van der Waals surface area contributed by atoms with Gasteiger partial charge in [-0.15, -0.1) is 10.2 Å². The molecule has 6 heteroatoms. The van der Waals surface area contributed by atoms with Crippen molar-refractivity contribution in [2.45, 2.75) is 12.8 Å². The van der Waals surface area contributed by atoms with E-state index in [0.717, 1.165) is 12.1 Å². The molecule has 0 spiro atoms. The number of halogens is 2. The Hall–Kier alpha value is -1.82. The predicted octanol–water partition coefficient (Wildman–Crippen LogP) is 1.91. The Bertz CT molecular complexity index is 493. The molecule has 2 N–H and O–H groups in total. The Morgan fingerprint density at radius 3 is 2.53 bits per heavy atom. The standard InChI is InChI=1S/C11H11F2N3O/c12-7-3-1-4-8(13)10(7)11-16-15-9(17-11)5-2-6-14/h1,3-4H,2,5-6,14H2. The van der Waals surface area contributed by atoms with E-state index in [1.165, 1.54) is 6.07 Å². The molecule has 0 radical (unpaired) electrons. The molecule has 1 aromatic heterocycles. The van der Waals surface area contributed by atoms with E-state index in [9.17, 15) is 8.78 Å². The second-order valence-corrected chi connectivity index (χ2v) is 3.49. The maximum atomic E-state index is 13.4. The fourth-order valence-electron chi connectivity index (χ4n) is 1.41. The summed E-state index contributed by atoms with van der Waals surface area (Å²) in [5.41, 5.74) is 5.04. The van der Waals surface area contributed by atoms with Crippen LogP contribution in [-0.4, -0.2) is 16.7 Å². The van der Waals surface area contributed by atoms with Gasteiger partial charge in [0.25, 0.3) is 5.89 Å². The van der Waals surface area contributed by atoms with Crippen LogP contribution in [0.4, 0.5) is 8.78 Å². The van der Waals surface area contributed by atoms with Gasteiger partial charge in [-0.25, -0.2) is 8.78 Å². The SMILES string of the molecule is NCCCc1nnc(-c2c(F)cccc2F)o1. The maximum Gasteiger partial charge on any atom is 0.253 e. The molecule has 0 unspecified atom stereocenters. The fraction of sp³-hybridized carbons (Fsp3) is 0.273. The van der Waals surface area contributed by atoms with E-state index in [-0.39, 0.29) is 11.5 Å². The highest BCUT2D eigenvalue weighted by Crippen LogP contribution is 2.24. The number of hydrogen-bond acceptors (Lipinski definition) is 4. The predicted molar refractivity (Wildman–Crippen MR) is 57.0 cm³/mol. The Morgan fingerprint density at radius 2 is 1.88 bits per heavy atom. The van der Waals surface area contributed by atoms with Gasteiger partial charge in [-0.1, -0.05) is 6.07 Å². The number of aromatic nitrogens is 2. The van der Waals surface area contributed by atoms with Crippen molar-refractivity contribution >= 4 is 0 Å². The van der Waals surface area contributed by atoms with E-state index in [1.807, 2.05) is 0 Å². The highest BCUT2D eigenvalue weighted by molar-refractivity contribution is 5.54. The van der Waals surface area contributed by atoms with E-state index < -0.39 is 11.6 Å². The second-order valence-electron chi connectivity index (χ2n) is 3.49. The van der Waals surface area contributed by atoms with Gasteiger partial charge < -0.3 is 10.2 Å². The minimum atomic E-state index is -0.723. The van der Waals surface area contributed by atoms with Crippen LogP contribution < -0.4 is 5.73 Å². The molecule has 0 aliphatic carbocycles. The van der Waals surface area contributed by atoms with Gasteiger partial charge in [0.2, 0.25) is 5.89 Å². The first-order valence-electron chi connectivity index (χ1n) is 5.19. The first-order valence-corrected chi connectivity index (χ1v) is 5.19. The quantitative estimate of drug-likeness (QED) is 0.885. The van der Waals surface area contributed by atoms with E-state index in [2.05, 4.69) is 10.2 Å². The third-order valence-electron chi connectivity index (χ3n) is 2.24. The molecule has 0 aliphatic rings. The normalized spacial score (nSPS) is 10.8. The molecule has 2 aromatic rings. The molecule has 0 saturated carbocycles. The third kappa shape index (κ3) is 2.47. The number of nitrogens with two attached hydrogens (primary N) is 1. The molecule has 2 rings (SSSR count). The van der Waals surface area contributed by atoms with Crippen LogP contribution in [0.5, 0.6) is 0 Å². The van der Waals surface area contributed by atoms with E-state index >= 15 is 0 Å². The summed E-state index contributed by atoms with van der Waals surface area (Å²) in [5.74, 6) is -1.27. The van der Waals surface area contributed by atoms with Crippen molar-refractivity contribution < 1.29 is 13.2 Å². The van der Waals surface area contributed by atoms with Crippen LogP contribution in [0.2, 0.25) is 0 Å². The smallest absolute Gasteiger partial charge is 0.253 e. The van der Waals surface area contributed by atoms with Crippen LogP contribution in [0.15, 0.2) is 22.6 Å². The summed E-state index contributed by atoms with van der Waals surface area (Å²) >= 11 is 0. The molecular formula is C11H11F2N3O. The van der Waals surface area contributed by atoms with Gasteiger partial charge in [0.05, 0.1) is 0 Å². The second kappa shape index (κ2) is 5.01. The lowest BCUT2D eigenvalue weighted by molar-refractivity contribution is 0.489. The summed E-state index contributed by atoms with van der Waals surface area (Å²) < 4.78 is 32.0. The van der Waals surface area contributed by atoms with Gasteiger partial charge >= 0.3 is 0 Å². The summed E-state index contributed by atoms with van der Waals surface area (Å²) in [7, 11) is 0. The average molecular weight is 239 g/mol. The van der Waals surface area contributed by atoms with Crippen molar-refractivity contribution in [3.8, 4) is 11.5 Å². The Balaban J connectivity index is 2.30. The molecule has 0 atom stereocenters. The van der Waals surface area contributed by atoms with Crippen molar-refractivity contribution in [3.63, 3.8) is 0 Å². The van der Waals surface area contributed by atoms with E-state index in [1.54, 1.807) is 0 Å². The lowest BCUT2D eigenvalue weighted by atomic mass is 10.2. The Morgan fingerprint density at radius 1 is 1.18 bits per heavy atom. The van der Waals surface area contributed by atoms with Crippen LogP contribution in [0.25, 0.3) is 11.5 Å². The van der Waals surface area contributed by atoms with Crippen molar-refractivity contribution in [2.75, 3.05) is 6.54 Å². The van der Waals surface area contributed by atoms with Crippen LogP contribution in [0.1, 0.15) is 12.3 Å². The number of benzene rings is 1.